The van der Waals surface area contributed by atoms with E-state index in [2.05, 4.69) is 9.97 Å². The fourth-order valence-corrected chi connectivity index (χ4v) is 3.31. The summed E-state index contributed by atoms with van der Waals surface area (Å²) in [6.45, 7) is 0. The molecule has 0 aliphatic heterocycles. The molecule has 0 N–H and O–H groups in total. The van der Waals surface area contributed by atoms with E-state index in [-0.39, 0.29) is 0 Å². The lowest BCUT2D eigenvalue weighted by atomic mass is 9.96. The first-order valence-corrected chi connectivity index (χ1v) is 5.92. The molecule has 0 radical (unpaired) electrons. The van der Waals surface area contributed by atoms with Gasteiger partial charge in [-0.05, 0) is 12.0 Å². The molecular weight excluding hydrogens is 224 g/mol. The number of aryl methyl sites for hydroxylation is 1. The van der Waals surface area contributed by atoms with Crippen molar-refractivity contribution in [3.8, 4) is 5.88 Å². The number of fused-ring (bicyclic) bond motifs is 3. The third kappa shape index (κ3) is 1.31. The summed E-state index contributed by atoms with van der Waals surface area (Å²) in [5.41, 5.74) is 1.21. The highest BCUT2D eigenvalue weighted by Crippen LogP contribution is 2.37. The van der Waals surface area contributed by atoms with Gasteiger partial charge in [0.2, 0.25) is 5.88 Å². The van der Waals surface area contributed by atoms with Gasteiger partial charge in [-0.15, -0.1) is 11.3 Å². The van der Waals surface area contributed by atoms with Gasteiger partial charge in [-0.1, -0.05) is 0 Å². The molecule has 2 aromatic rings. The van der Waals surface area contributed by atoms with Crippen LogP contribution < -0.4 is 4.74 Å². The number of methoxy groups -OCH3 is 1. The Balaban J connectivity index is 2.30. The Kier molecular flexibility index (Phi) is 2.14. The number of Topliss-reactive ketones (excluding diaryl/α,β-unsaturated/α-hetero) is 1. The highest BCUT2D eigenvalue weighted by molar-refractivity contribution is 7.19. The van der Waals surface area contributed by atoms with E-state index in [4.69, 9.17) is 4.74 Å². The molecule has 2 heterocycles. The monoisotopic (exact) mass is 234 g/mol. The molecule has 0 spiro atoms. The van der Waals surface area contributed by atoms with Gasteiger partial charge < -0.3 is 4.74 Å². The molecule has 0 aromatic carbocycles. The first-order valence-electron chi connectivity index (χ1n) is 5.10. The van der Waals surface area contributed by atoms with Crippen molar-refractivity contribution in [3.63, 3.8) is 0 Å². The van der Waals surface area contributed by atoms with E-state index in [0.717, 1.165) is 21.5 Å². The van der Waals surface area contributed by atoms with Crippen LogP contribution >= 0.6 is 11.3 Å². The number of ether oxygens (including phenoxy) is 1. The lowest BCUT2D eigenvalue weighted by molar-refractivity contribution is -0.118. The molecule has 0 saturated heterocycles. The van der Waals surface area contributed by atoms with Gasteiger partial charge in [0.15, 0.2) is 0 Å². The highest BCUT2D eigenvalue weighted by Gasteiger charge is 2.23. The maximum Gasteiger partial charge on any atom is 0.225 e. The van der Waals surface area contributed by atoms with E-state index in [1.54, 1.807) is 18.4 Å². The van der Waals surface area contributed by atoms with Gasteiger partial charge in [0.05, 0.1) is 12.5 Å². The van der Waals surface area contributed by atoms with Gasteiger partial charge in [-0.3, -0.25) is 4.79 Å². The molecule has 1 aliphatic rings. The third-order valence-electron chi connectivity index (χ3n) is 2.84. The topological polar surface area (TPSA) is 52.1 Å². The van der Waals surface area contributed by atoms with Crippen LogP contribution in [0.5, 0.6) is 5.88 Å². The van der Waals surface area contributed by atoms with Crippen LogP contribution in [0.2, 0.25) is 0 Å². The minimum atomic E-state index is 0.311. The molecule has 0 amide bonds. The summed E-state index contributed by atoms with van der Waals surface area (Å²) in [6, 6.07) is 0. The van der Waals surface area contributed by atoms with Crippen molar-refractivity contribution in [3.05, 3.63) is 16.8 Å². The highest BCUT2D eigenvalue weighted by atomic mass is 32.1. The maximum atomic E-state index is 11.4. The first kappa shape index (κ1) is 9.72. The lowest BCUT2D eigenvalue weighted by Crippen LogP contribution is -2.10. The van der Waals surface area contributed by atoms with Crippen LogP contribution in [0.15, 0.2) is 6.33 Å². The molecule has 0 saturated carbocycles. The zero-order valence-electron chi connectivity index (χ0n) is 8.82. The minimum absolute atomic E-state index is 0.311. The molecule has 1 aliphatic carbocycles. The van der Waals surface area contributed by atoms with E-state index in [1.807, 2.05) is 0 Å². The number of nitrogens with zero attached hydrogens (tertiary/aromatic N) is 2. The average Bonchev–Trinajstić information content (AvgIpc) is 2.65. The van der Waals surface area contributed by atoms with E-state index in [0.29, 0.717) is 24.5 Å². The maximum absolute atomic E-state index is 11.4. The first-order chi connectivity index (χ1) is 7.79. The molecule has 0 fully saturated rings. The van der Waals surface area contributed by atoms with Crippen molar-refractivity contribution in [1.82, 2.24) is 9.97 Å². The number of carbonyl (C=O) groups is 1. The van der Waals surface area contributed by atoms with Gasteiger partial charge in [0.1, 0.15) is 16.9 Å². The second-order valence-corrected chi connectivity index (χ2v) is 4.87. The summed E-state index contributed by atoms with van der Waals surface area (Å²) in [7, 11) is 1.61. The standard InChI is InChI=1S/C11H10N2O2S/c1-15-10-9-7-3-2-6(14)4-8(7)16-11(9)13-5-12-10/h5H,2-4H2,1H3. The number of rotatable bonds is 1. The predicted molar refractivity (Wildman–Crippen MR) is 61.0 cm³/mol. The van der Waals surface area contributed by atoms with Crippen LogP contribution in [-0.2, 0) is 17.6 Å². The van der Waals surface area contributed by atoms with Crippen molar-refractivity contribution in [2.24, 2.45) is 0 Å². The normalized spacial score (nSPS) is 15.2. The van der Waals surface area contributed by atoms with E-state index in [9.17, 15) is 4.79 Å². The van der Waals surface area contributed by atoms with Crippen molar-refractivity contribution in [2.75, 3.05) is 7.11 Å². The fourth-order valence-electron chi connectivity index (χ4n) is 2.10. The summed E-state index contributed by atoms with van der Waals surface area (Å²) in [6.07, 6.45) is 3.46. The summed E-state index contributed by atoms with van der Waals surface area (Å²) >= 11 is 1.58. The minimum Gasteiger partial charge on any atom is -0.480 e. The van der Waals surface area contributed by atoms with Crippen LogP contribution in [0.3, 0.4) is 0 Å². The van der Waals surface area contributed by atoms with Crippen molar-refractivity contribution in [2.45, 2.75) is 19.3 Å². The van der Waals surface area contributed by atoms with Crippen LogP contribution in [0.1, 0.15) is 16.9 Å². The molecule has 2 aromatic heterocycles. The lowest BCUT2D eigenvalue weighted by Gasteiger charge is -2.10. The van der Waals surface area contributed by atoms with E-state index >= 15 is 0 Å². The Morgan fingerprint density at radius 3 is 3.06 bits per heavy atom. The summed E-state index contributed by atoms with van der Waals surface area (Å²) in [5.74, 6) is 0.933. The Hall–Kier alpha value is -1.49. The Morgan fingerprint density at radius 2 is 2.25 bits per heavy atom. The Labute approximate surface area is 96.3 Å². The molecule has 0 bridgehead atoms. The second kappa shape index (κ2) is 3.52. The van der Waals surface area contributed by atoms with Gasteiger partial charge >= 0.3 is 0 Å². The van der Waals surface area contributed by atoms with Crippen LogP contribution in [0.25, 0.3) is 10.2 Å². The van der Waals surface area contributed by atoms with Crippen molar-refractivity contribution < 1.29 is 9.53 Å². The van der Waals surface area contributed by atoms with Crippen molar-refractivity contribution >= 4 is 27.3 Å². The predicted octanol–water partition coefficient (Wildman–Crippen LogP) is 1.76. The van der Waals surface area contributed by atoms with Gasteiger partial charge in [-0.2, -0.15) is 0 Å². The molecule has 0 unspecified atom stereocenters. The van der Waals surface area contributed by atoms with Gasteiger partial charge in [-0.25, -0.2) is 9.97 Å². The number of ketones is 1. The number of aromatic nitrogens is 2. The molecule has 16 heavy (non-hydrogen) atoms. The average molecular weight is 234 g/mol. The van der Waals surface area contributed by atoms with Crippen LogP contribution in [0, 0.1) is 0 Å². The zero-order valence-corrected chi connectivity index (χ0v) is 9.63. The number of thiophene rings is 1. The molecule has 0 atom stereocenters. The molecule has 82 valence electrons. The summed E-state index contributed by atoms with van der Waals surface area (Å²) in [4.78, 5) is 21.8. The second-order valence-electron chi connectivity index (χ2n) is 3.78. The number of hydrogen-bond donors (Lipinski definition) is 0. The zero-order chi connectivity index (χ0) is 11.1. The SMILES string of the molecule is COc1ncnc2sc3c(c12)CCC(=O)C3. The quantitative estimate of drug-likeness (QED) is 0.754. The van der Waals surface area contributed by atoms with Gasteiger partial charge in [0.25, 0.3) is 0 Å². The number of carbonyl (C=O) groups excluding carboxylic acids is 1. The Morgan fingerprint density at radius 1 is 1.38 bits per heavy atom. The summed E-state index contributed by atoms with van der Waals surface area (Å²) < 4.78 is 5.25. The van der Waals surface area contributed by atoms with E-state index in [1.165, 1.54) is 11.9 Å². The number of hydrogen-bond acceptors (Lipinski definition) is 5. The fraction of sp³-hybridized carbons (Fsp3) is 0.364. The summed E-state index contributed by atoms with van der Waals surface area (Å²) in [5, 5.41) is 0.998. The molecule has 3 rings (SSSR count). The van der Waals surface area contributed by atoms with Crippen LogP contribution in [0.4, 0.5) is 0 Å². The van der Waals surface area contributed by atoms with Crippen LogP contribution in [-0.4, -0.2) is 22.9 Å². The molecule has 4 nitrogen and oxygen atoms in total. The molecule has 5 heteroatoms. The van der Waals surface area contributed by atoms with E-state index < -0.39 is 0 Å². The Bertz CT molecular complexity index is 577. The third-order valence-corrected chi connectivity index (χ3v) is 3.98. The van der Waals surface area contributed by atoms with Crippen molar-refractivity contribution in [1.29, 1.82) is 0 Å². The smallest absolute Gasteiger partial charge is 0.225 e. The van der Waals surface area contributed by atoms with Gasteiger partial charge in [0, 0.05) is 17.7 Å². The molecular formula is C11H10N2O2S. The largest absolute Gasteiger partial charge is 0.480 e.